The molecule has 3 aromatic rings. The fourth-order valence-corrected chi connectivity index (χ4v) is 2.78. The Bertz CT molecular complexity index is 854. The molecule has 1 aromatic carbocycles. The number of aromatic nitrogens is 3. The predicted molar refractivity (Wildman–Crippen MR) is 99.2 cm³/mol. The Hall–Kier alpha value is -2.60. The van der Waals surface area contributed by atoms with Gasteiger partial charge in [0.25, 0.3) is 0 Å². The van der Waals surface area contributed by atoms with Crippen molar-refractivity contribution in [1.29, 1.82) is 0 Å². The number of aryl methyl sites for hydroxylation is 3. The van der Waals surface area contributed by atoms with Crippen molar-refractivity contribution < 1.29 is 14.3 Å². The predicted octanol–water partition coefficient (Wildman–Crippen LogP) is 3.41. The summed E-state index contributed by atoms with van der Waals surface area (Å²) in [5.41, 5.74) is 1.17. The van der Waals surface area contributed by atoms with Crippen molar-refractivity contribution in [3.8, 4) is 17.3 Å². The summed E-state index contributed by atoms with van der Waals surface area (Å²) in [6, 6.07) is 11.8. The number of hydrogen-bond acceptors (Lipinski definition) is 5. The highest BCUT2D eigenvalue weighted by Gasteiger charge is 2.16. The van der Waals surface area contributed by atoms with Crippen molar-refractivity contribution in [2.45, 2.75) is 45.8 Å². The topological polar surface area (TPSA) is 73.3 Å². The maximum atomic E-state index is 10.0. The van der Waals surface area contributed by atoms with Crippen LogP contribution in [0.2, 0.25) is 0 Å². The molecule has 0 fully saturated rings. The maximum absolute atomic E-state index is 10.0. The molecule has 0 aliphatic rings. The van der Waals surface area contributed by atoms with Gasteiger partial charge in [-0.3, -0.25) is 0 Å². The number of ether oxygens (including phenoxy) is 1. The third kappa shape index (κ3) is 4.32. The Labute approximate surface area is 153 Å². The second kappa shape index (κ2) is 8.19. The first-order valence-electron chi connectivity index (χ1n) is 8.90. The SMILES string of the molecule is CC[C@H](O)Cn1nc(-c2ccc(C)o2)nc1CCc1cccc(OC)c1. The summed E-state index contributed by atoms with van der Waals surface area (Å²) >= 11 is 0. The molecule has 2 aromatic heterocycles. The molecular formula is C20H25N3O3. The minimum atomic E-state index is -0.446. The van der Waals surface area contributed by atoms with Crippen LogP contribution in [0.4, 0.5) is 0 Å². The van der Waals surface area contributed by atoms with Crippen LogP contribution in [0.25, 0.3) is 11.6 Å². The average molecular weight is 355 g/mol. The molecule has 0 radical (unpaired) electrons. The van der Waals surface area contributed by atoms with Crippen LogP contribution in [0.1, 0.15) is 30.5 Å². The lowest BCUT2D eigenvalue weighted by Crippen LogP contribution is -2.18. The van der Waals surface area contributed by atoms with E-state index in [0.717, 1.165) is 30.2 Å². The van der Waals surface area contributed by atoms with Gasteiger partial charge in [0.05, 0.1) is 19.8 Å². The minimum Gasteiger partial charge on any atom is -0.497 e. The van der Waals surface area contributed by atoms with Crippen molar-refractivity contribution >= 4 is 0 Å². The molecule has 6 nitrogen and oxygen atoms in total. The Morgan fingerprint density at radius 2 is 2.08 bits per heavy atom. The standard InChI is InChI=1S/C20H25N3O3/c1-4-16(24)13-23-19(11-9-15-6-5-7-17(12-15)25-3)21-20(22-23)18-10-8-14(2)26-18/h5-8,10,12,16,24H,4,9,11,13H2,1-3H3/t16-/m0/s1. The molecule has 0 saturated carbocycles. The van der Waals surface area contributed by atoms with E-state index in [2.05, 4.69) is 16.1 Å². The monoisotopic (exact) mass is 355 g/mol. The van der Waals surface area contributed by atoms with Gasteiger partial charge < -0.3 is 14.3 Å². The molecule has 6 heteroatoms. The number of aliphatic hydroxyl groups is 1. The van der Waals surface area contributed by atoms with Crippen molar-refractivity contribution in [3.05, 3.63) is 53.5 Å². The van der Waals surface area contributed by atoms with Gasteiger partial charge in [0, 0.05) is 6.42 Å². The highest BCUT2D eigenvalue weighted by atomic mass is 16.5. The van der Waals surface area contributed by atoms with E-state index in [0.29, 0.717) is 24.6 Å². The van der Waals surface area contributed by atoms with Gasteiger partial charge in [0.15, 0.2) is 5.76 Å². The van der Waals surface area contributed by atoms with Gasteiger partial charge in [0.2, 0.25) is 5.82 Å². The number of methoxy groups -OCH3 is 1. The Morgan fingerprint density at radius 3 is 2.77 bits per heavy atom. The molecule has 26 heavy (non-hydrogen) atoms. The van der Waals surface area contributed by atoms with E-state index < -0.39 is 6.10 Å². The molecule has 0 amide bonds. The number of nitrogens with zero attached hydrogens (tertiary/aromatic N) is 3. The zero-order valence-corrected chi connectivity index (χ0v) is 15.5. The van der Waals surface area contributed by atoms with Crippen molar-refractivity contribution in [2.75, 3.05) is 7.11 Å². The number of hydrogen-bond donors (Lipinski definition) is 1. The molecule has 138 valence electrons. The fraction of sp³-hybridized carbons (Fsp3) is 0.400. The van der Waals surface area contributed by atoms with Crippen LogP contribution in [0.5, 0.6) is 5.75 Å². The number of furan rings is 1. The van der Waals surface area contributed by atoms with Gasteiger partial charge in [0.1, 0.15) is 17.3 Å². The molecule has 0 bridgehead atoms. The highest BCUT2D eigenvalue weighted by Crippen LogP contribution is 2.20. The molecule has 1 N–H and O–H groups in total. The van der Waals surface area contributed by atoms with Crippen molar-refractivity contribution in [3.63, 3.8) is 0 Å². The molecular weight excluding hydrogens is 330 g/mol. The van der Waals surface area contributed by atoms with Gasteiger partial charge in [-0.15, -0.1) is 5.10 Å². The summed E-state index contributed by atoms with van der Waals surface area (Å²) in [6.07, 6.45) is 1.76. The van der Waals surface area contributed by atoms with Gasteiger partial charge >= 0.3 is 0 Å². The lowest BCUT2D eigenvalue weighted by molar-refractivity contribution is 0.144. The zero-order chi connectivity index (χ0) is 18.5. The smallest absolute Gasteiger partial charge is 0.217 e. The van der Waals surface area contributed by atoms with Gasteiger partial charge in [-0.05, 0) is 49.6 Å². The lowest BCUT2D eigenvalue weighted by Gasteiger charge is -2.10. The largest absolute Gasteiger partial charge is 0.497 e. The van der Waals surface area contributed by atoms with Gasteiger partial charge in [-0.2, -0.15) is 0 Å². The van der Waals surface area contributed by atoms with Gasteiger partial charge in [-0.1, -0.05) is 19.1 Å². The first kappa shape index (κ1) is 18.2. The maximum Gasteiger partial charge on any atom is 0.217 e. The van der Waals surface area contributed by atoms with E-state index in [1.165, 1.54) is 5.56 Å². The van der Waals surface area contributed by atoms with Crippen LogP contribution < -0.4 is 4.74 Å². The Balaban J connectivity index is 1.82. The summed E-state index contributed by atoms with van der Waals surface area (Å²) in [5.74, 6) is 3.71. The van der Waals surface area contributed by atoms with Crippen molar-refractivity contribution in [2.24, 2.45) is 0 Å². The molecule has 0 unspecified atom stereocenters. The summed E-state index contributed by atoms with van der Waals surface area (Å²) in [7, 11) is 1.67. The Morgan fingerprint density at radius 1 is 1.23 bits per heavy atom. The summed E-state index contributed by atoms with van der Waals surface area (Å²) in [5, 5.41) is 14.6. The molecule has 0 aliphatic heterocycles. The molecule has 3 rings (SSSR count). The van der Waals surface area contributed by atoms with Crippen LogP contribution in [0.3, 0.4) is 0 Å². The molecule has 0 saturated heterocycles. The molecule has 1 atom stereocenters. The van der Waals surface area contributed by atoms with Gasteiger partial charge in [-0.25, -0.2) is 9.67 Å². The third-order valence-electron chi connectivity index (χ3n) is 4.34. The first-order chi connectivity index (χ1) is 12.6. The summed E-state index contributed by atoms with van der Waals surface area (Å²) in [4.78, 5) is 4.65. The lowest BCUT2D eigenvalue weighted by atomic mass is 10.1. The molecule has 2 heterocycles. The third-order valence-corrected chi connectivity index (χ3v) is 4.34. The number of benzene rings is 1. The number of rotatable bonds is 8. The second-order valence-corrected chi connectivity index (χ2v) is 6.36. The average Bonchev–Trinajstić information content (AvgIpc) is 3.26. The quantitative estimate of drug-likeness (QED) is 0.670. The highest BCUT2D eigenvalue weighted by molar-refractivity contribution is 5.46. The van der Waals surface area contributed by atoms with Crippen LogP contribution in [-0.2, 0) is 19.4 Å². The number of aliphatic hydroxyl groups excluding tert-OH is 1. The Kier molecular flexibility index (Phi) is 5.73. The van der Waals surface area contributed by atoms with E-state index in [1.54, 1.807) is 11.8 Å². The normalized spacial score (nSPS) is 12.3. The second-order valence-electron chi connectivity index (χ2n) is 6.36. The first-order valence-corrected chi connectivity index (χ1v) is 8.90. The zero-order valence-electron chi connectivity index (χ0n) is 15.5. The van der Waals surface area contributed by atoms with Crippen LogP contribution in [0.15, 0.2) is 40.8 Å². The van der Waals surface area contributed by atoms with Crippen LogP contribution in [0, 0.1) is 6.92 Å². The minimum absolute atomic E-state index is 0.427. The summed E-state index contributed by atoms with van der Waals surface area (Å²) < 4.78 is 12.7. The fourth-order valence-electron chi connectivity index (χ4n) is 2.78. The van der Waals surface area contributed by atoms with E-state index in [9.17, 15) is 5.11 Å². The van der Waals surface area contributed by atoms with Crippen LogP contribution >= 0.6 is 0 Å². The van der Waals surface area contributed by atoms with E-state index in [4.69, 9.17) is 9.15 Å². The van der Waals surface area contributed by atoms with E-state index >= 15 is 0 Å². The summed E-state index contributed by atoms with van der Waals surface area (Å²) in [6.45, 7) is 4.27. The van der Waals surface area contributed by atoms with Crippen molar-refractivity contribution in [1.82, 2.24) is 14.8 Å². The molecule has 0 aliphatic carbocycles. The van der Waals surface area contributed by atoms with Crippen LogP contribution in [-0.4, -0.2) is 33.1 Å². The van der Waals surface area contributed by atoms with E-state index in [-0.39, 0.29) is 0 Å². The van der Waals surface area contributed by atoms with E-state index in [1.807, 2.05) is 44.2 Å². The molecule has 0 spiro atoms.